The third kappa shape index (κ3) is 4.28. The minimum atomic E-state index is -0.466. The van der Waals surface area contributed by atoms with Gasteiger partial charge in [0.1, 0.15) is 11.6 Å². The third-order valence-electron chi connectivity index (χ3n) is 3.49. The number of benzene rings is 2. The fourth-order valence-corrected chi connectivity index (χ4v) is 2.40. The maximum Gasteiger partial charge on any atom is 0.126 e. The van der Waals surface area contributed by atoms with E-state index in [1.165, 1.54) is 6.07 Å². The van der Waals surface area contributed by atoms with Gasteiger partial charge in [-0.2, -0.15) is 0 Å². The van der Waals surface area contributed by atoms with E-state index in [0.717, 1.165) is 11.6 Å². The summed E-state index contributed by atoms with van der Waals surface area (Å²) < 4.78 is 13.0. The predicted molar refractivity (Wildman–Crippen MR) is 80.6 cm³/mol. The van der Waals surface area contributed by atoms with Crippen molar-refractivity contribution < 1.29 is 14.6 Å². The van der Waals surface area contributed by atoms with E-state index in [2.05, 4.69) is 5.32 Å². The lowest BCUT2D eigenvalue weighted by Gasteiger charge is -2.22. The Kier molecular flexibility index (Phi) is 5.31. The van der Waals surface area contributed by atoms with Crippen LogP contribution in [0.2, 0.25) is 0 Å². The van der Waals surface area contributed by atoms with Crippen LogP contribution in [0.15, 0.2) is 48.5 Å². The number of aliphatic hydroxyl groups is 1. The van der Waals surface area contributed by atoms with Crippen molar-refractivity contribution in [3.63, 3.8) is 0 Å². The van der Waals surface area contributed by atoms with Crippen molar-refractivity contribution in [2.24, 2.45) is 0 Å². The van der Waals surface area contributed by atoms with Crippen molar-refractivity contribution in [3.8, 4) is 5.75 Å². The standard InChI is InChI=1S/C17H20FNO2/c1-12(16-8-7-14(18)10-17(16)21)19-15(11-20)9-13-5-3-2-4-6-13/h2-8,10,12,15,19-21H,9,11H2,1H3. The number of halogens is 1. The van der Waals surface area contributed by atoms with Crippen molar-refractivity contribution in [3.05, 3.63) is 65.5 Å². The summed E-state index contributed by atoms with van der Waals surface area (Å²) in [5, 5.41) is 22.6. The minimum absolute atomic E-state index is 0.0127. The van der Waals surface area contributed by atoms with Crippen LogP contribution >= 0.6 is 0 Å². The quantitative estimate of drug-likeness (QED) is 0.766. The van der Waals surface area contributed by atoms with Gasteiger partial charge in [-0.1, -0.05) is 36.4 Å². The normalized spacial score (nSPS) is 13.9. The van der Waals surface area contributed by atoms with Crippen molar-refractivity contribution in [2.45, 2.75) is 25.4 Å². The minimum Gasteiger partial charge on any atom is -0.508 e. The Balaban J connectivity index is 2.04. The van der Waals surface area contributed by atoms with Crippen LogP contribution in [-0.2, 0) is 6.42 Å². The monoisotopic (exact) mass is 289 g/mol. The summed E-state index contributed by atoms with van der Waals surface area (Å²) in [6, 6.07) is 13.5. The first kappa shape index (κ1) is 15.5. The lowest BCUT2D eigenvalue weighted by Crippen LogP contribution is -2.36. The Morgan fingerprint density at radius 1 is 1.14 bits per heavy atom. The van der Waals surface area contributed by atoms with Crippen LogP contribution in [0.4, 0.5) is 4.39 Å². The molecule has 4 heteroatoms. The first-order chi connectivity index (χ1) is 10.1. The second-order valence-electron chi connectivity index (χ2n) is 5.16. The zero-order valence-electron chi connectivity index (χ0n) is 12.0. The zero-order valence-corrected chi connectivity index (χ0v) is 12.0. The lowest BCUT2D eigenvalue weighted by atomic mass is 10.0. The Bertz CT molecular complexity index is 574. The summed E-state index contributed by atoms with van der Waals surface area (Å²) in [6.07, 6.45) is 0.684. The van der Waals surface area contributed by atoms with Gasteiger partial charge >= 0.3 is 0 Å². The van der Waals surface area contributed by atoms with Crippen molar-refractivity contribution in [1.29, 1.82) is 0 Å². The highest BCUT2D eigenvalue weighted by atomic mass is 19.1. The second kappa shape index (κ2) is 7.20. The maximum absolute atomic E-state index is 13.0. The molecule has 2 atom stereocenters. The fraction of sp³-hybridized carbons (Fsp3) is 0.294. The van der Waals surface area contributed by atoms with E-state index in [1.54, 1.807) is 6.07 Å². The number of hydrogen-bond donors (Lipinski definition) is 3. The van der Waals surface area contributed by atoms with E-state index in [1.807, 2.05) is 37.3 Å². The van der Waals surface area contributed by atoms with E-state index < -0.39 is 5.82 Å². The number of hydrogen-bond acceptors (Lipinski definition) is 3. The van der Waals surface area contributed by atoms with Gasteiger partial charge in [-0.3, -0.25) is 0 Å². The molecule has 0 aliphatic carbocycles. The lowest BCUT2D eigenvalue weighted by molar-refractivity contribution is 0.232. The number of phenols is 1. The molecule has 0 saturated heterocycles. The van der Waals surface area contributed by atoms with E-state index in [9.17, 15) is 14.6 Å². The third-order valence-corrected chi connectivity index (χ3v) is 3.49. The molecule has 0 fully saturated rings. The first-order valence-corrected chi connectivity index (χ1v) is 6.99. The topological polar surface area (TPSA) is 52.5 Å². The Morgan fingerprint density at radius 2 is 1.86 bits per heavy atom. The molecule has 2 rings (SSSR count). The molecule has 3 N–H and O–H groups in total. The SMILES string of the molecule is CC(NC(CO)Cc1ccccc1)c1ccc(F)cc1O. The molecule has 2 unspecified atom stereocenters. The number of nitrogens with one attached hydrogen (secondary N) is 1. The zero-order chi connectivity index (χ0) is 15.2. The van der Waals surface area contributed by atoms with Gasteiger partial charge in [0.2, 0.25) is 0 Å². The van der Waals surface area contributed by atoms with Crippen LogP contribution in [0, 0.1) is 5.82 Å². The molecular weight excluding hydrogens is 269 g/mol. The van der Waals surface area contributed by atoms with Crippen LogP contribution < -0.4 is 5.32 Å². The summed E-state index contributed by atoms with van der Waals surface area (Å²) in [5.74, 6) is -0.544. The summed E-state index contributed by atoms with van der Waals surface area (Å²) in [5.41, 5.74) is 1.74. The highest BCUT2D eigenvalue weighted by molar-refractivity contribution is 5.35. The highest BCUT2D eigenvalue weighted by Gasteiger charge is 2.16. The van der Waals surface area contributed by atoms with Gasteiger partial charge < -0.3 is 15.5 Å². The van der Waals surface area contributed by atoms with Gasteiger partial charge in [0.05, 0.1) is 6.61 Å². The molecule has 0 amide bonds. The van der Waals surface area contributed by atoms with Gasteiger partial charge in [0.15, 0.2) is 0 Å². The Hall–Kier alpha value is -1.91. The van der Waals surface area contributed by atoms with E-state index in [4.69, 9.17) is 0 Å². The molecule has 2 aromatic carbocycles. The molecule has 0 aliphatic heterocycles. The number of aromatic hydroxyl groups is 1. The van der Waals surface area contributed by atoms with Crippen LogP contribution in [0.3, 0.4) is 0 Å². The molecule has 0 saturated carbocycles. The summed E-state index contributed by atoms with van der Waals surface area (Å²) in [4.78, 5) is 0. The molecule has 0 aromatic heterocycles. The van der Waals surface area contributed by atoms with Crippen molar-refractivity contribution >= 4 is 0 Å². The average Bonchev–Trinajstić information content (AvgIpc) is 2.47. The molecule has 112 valence electrons. The molecule has 0 aliphatic rings. The molecule has 0 heterocycles. The molecule has 21 heavy (non-hydrogen) atoms. The average molecular weight is 289 g/mol. The summed E-state index contributed by atoms with van der Waals surface area (Å²) in [6.45, 7) is 1.86. The number of rotatable bonds is 6. The fourth-order valence-electron chi connectivity index (χ4n) is 2.40. The molecular formula is C17H20FNO2. The maximum atomic E-state index is 13.0. The van der Waals surface area contributed by atoms with Crippen LogP contribution in [0.5, 0.6) is 5.75 Å². The van der Waals surface area contributed by atoms with Crippen LogP contribution in [0.1, 0.15) is 24.1 Å². The van der Waals surface area contributed by atoms with Gasteiger partial charge in [-0.25, -0.2) is 4.39 Å². The Morgan fingerprint density at radius 3 is 2.48 bits per heavy atom. The van der Waals surface area contributed by atoms with Crippen LogP contribution in [0.25, 0.3) is 0 Å². The second-order valence-corrected chi connectivity index (χ2v) is 5.16. The number of aliphatic hydroxyl groups excluding tert-OH is 1. The summed E-state index contributed by atoms with van der Waals surface area (Å²) in [7, 11) is 0. The van der Waals surface area contributed by atoms with Crippen molar-refractivity contribution in [1.82, 2.24) is 5.32 Å². The van der Waals surface area contributed by atoms with E-state index in [0.29, 0.717) is 12.0 Å². The van der Waals surface area contributed by atoms with Gasteiger partial charge in [0, 0.05) is 23.7 Å². The Labute approximate surface area is 124 Å². The van der Waals surface area contributed by atoms with Gasteiger partial charge in [0.25, 0.3) is 0 Å². The molecule has 3 nitrogen and oxygen atoms in total. The summed E-state index contributed by atoms with van der Waals surface area (Å²) >= 11 is 0. The largest absolute Gasteiger partial charge is 0.508 e. The van der Waals surface area contributed by atoms with Crippen molar-refractivity contribution in [2.75, 3.05) is 6.61 Å². The van der Waals surface area contributed by atoms with E-state index >= 15 is 0 Å². The first-order valence-electron chi connectivity index (χ1n) is 6.99. The predicted octanol–water partition coefficient (Wildman–Crippen LogP) is 2.79. The van der Waals surface area contributed by atoms with E-state index in [-0.39, 0.29) is 24.4 Å². The number of phenolic OH excluding ortho intramolecular Hbond substituents is 1. The highest BCUT2D eigenvalue weighted by Crippen LogP contribution is 2.25. The van der Waals surface area contributed by atoms with Gasteiger partial charge in [-0.15, -0.1) is 0 Å². The molecule has 0 spiro atoms. The molecule has 0 bridgehead atoms. The molecule has 2 aromatic rings. The molecule has 0 radical (unpaired) electrons. The smallest absolute Gasteiger partial charge is 0.126 e. The van der Waals surface area contributed by atoms with Crippen LogP contribution in [-0.4, -0.2) is 22.9 Å². The van der Waals surface area contributed by atoms with Gasteiger partial charge in [-0.05, 0) is 25.0 Å².